The number of carbonyl (C=O) groups excluding carboxylic acids is 1. The Hall–Kier alpha value is -3.97. The van der Waals surface area contributed by atoms with Crippen molar-refractivity contribution in [2.24, 2.45) is 7.05 Å². The molecule has 0 saturated heterocycles. The van der Waals surface area contributed by atoms with E-state index >= 15 is 0 Å². The number of hydrogen-bond donors (Lipinski definition) is 1. The van der Waals surface area contributed by atoms with Crippen LogP contribution in [0.5, 0.6) is 5.75 Å². The molecule has 0 bridgehead atoms. The van der Waals surface area contributed by atoms with Crippen LogP contribution in [0.3, 0.4) is 0 Å². The smallest absolute Gasteiger partial charge is 0.251 e. The molecule has 4 rings (SSSR count). The molecule has 39 heavy (non-hydrogen) atoms. The van der Waals surface area contributed by atoms with Gasteiger partial charge in [-0.2, -0.15) is 0 Å². The van der Waals surface area contributed by atoms with E-state index in [1.807, 2.05) is 55.6 Å². The summed E-state index contributed by atoms with van der Waals surface area (Å²) in [6.45, 7) is 5.98. The second kappa shape index (κ2) is 14.3. The number of rotatable bonds is 14. The molecule has 2 heterocycles. The zero-order valence-corrected chi connectivity index (χ0v) is 22.9. The van der Waals surface area contributed by atoms with Crippen molar-refractivity contribution in [2.75, 3.05) is 26.2 Å². The fourth-order valence-corrected chi connectivity index (χ4v) is 4.64. The average molecular weight is 527 g/mol. The van der Waals surface area contributed by atoms with Crippen LogP contribution in [0.4, 0.5) is 0 Å². The van der Waals surface area contributed by atoms with Gasteiger partial charge in [0.1, 0.15) is 5.75 Å². The highest BCUT2D eigenvalue weighted by Crippen LogP contribution is 2.20. The van der Waals surface area contributed by atoms with Crippen LogP contribution in [0, 0.1) is 0 Å². The van der Waals surface area contributed by atoms with Crippen LogP contribution in [0.25, 0.3) is 10.9 Å². The first kappa shape index (κ1) is 28.0. The molecule has 7 heteroatoms. The molecule has 0 aliphatic heterocycles. The van der Waals surface area contributed by atoms with Crippen molar-refractivity contribution in [2.45, 2.75) is 39.2 Å². The quantitative estimate of drug-likeness (QED) is 0.235. The summed E-state index contributed by atoms with van der Waals surface area (Å²) >= 11 is 0. The van der Waals surface area contributed by atoms with E-state index in [4.69, 9.17) is 4.74 Å². The molecule has 0 aliphatic carbocycles. The summed E-state index contributed by atoms with van der Waals surface area (Å²) < 4.78 is 7.65. The third-order valence-electron chi connectivity index (χ3n) is 6.88. The van der Waals surface area contributed by atoms with E-state index in [0.717, 1.165) is 62.0 Å². The molecule has 0 saturated carbocycles. The monoisotopic (exact) mass is 526 g/mol. The van der Waals surface area contributed by atoms with Crippen molar-refractivity contribution in [1.29, 1.82) is 0 Å². The van der Waals surface area contributed by atoms with Crippen LogP contribution >= 0.6 is 0 Å². The lowest BCUT2D eigenvalue weighted by Gasteiger charge is -2.23. The minimum atomic E-state index is -0.0333. The van der Waals surface area contributed by atoms with Gasteiger partial charge in [0.25, 0.3) is 11.5 Å². The number of nitrogens with one attached hydrogen (secondary N) is 1. The molecular weight excluding hydrogens is 488 g/mol. The van der Waals surface area contributed by atoms with E-state index in [0.29, 0.717) is 18.7 Å². The molecule has 2 aromatic heterocycles. The Morgan fingerprint density at radius 2 is 1.82 bits per heavy atom. The Bertz CT molecular complexity index is 1400. The van der Waals surface area contributed by atoms with E-state index in [9.17, 15) is 9.59 Å². The molecule has 0 aliphatic rings. The SMILES string of the molecule is CCNC(=O)c1ccc(CN(CCCCCOc2ccc3c(ccc(=O)n3C)c2)CCc2cccnc2)cc1. The number of aromatic nitrogens is 2. The number of amides is 1. The molecule has 204 valence electrons. The maximum absolute atomic E-state index is 12.1. The lowest BCUT2D eigenvalue weighted by molar-refractivity contribution is 0.0956. The standard InChI is InChI=1S/C32H38N4O3/c1-3-34-32(38)27-11-9-26(10-12-27)24-36(20-17-25-8-7-18-33-23-25)19-5-4-6-21-39-29-14-15-30-28(22-29)13-16-31(37)35(30)2/h7-16,18,22-23H,3-6,17,19-21,24H2,1-2H3,(H,34,38). The third-order valence-corrected chi connectivity index (χ3v) is 6.88. The fourth-order valence-electron chi connectivity index (χ4n) is 4.64. The number of nitrogens with zero attached hydrogens (tertiary/aromatic N) is 3. The molecule has 0 spiro atoms. The van der Waals surface area contributed by atoms with Gasteiger partial charge in [0, 0.05) is 56.1 Å². The first-order valence-electron chi connectivity index (χ1n) is 13.7. The molecule has 1 amide bonds. The lowest BCUT2D eigenvalue weighted by atomic mass is 10.1. The lowest BCUT2D eigenvalue weighted by Crippen LogP contribution is -2.27. The third kappa shape index (κ3) is 8.26. The Balaban J connectivity index is 1.26. The second-order valence-corrected chi connectivity index (χ2v) is 9.80. The van der Waals surface area contributed by atoms with Crippen LogP contribution < -0.4 is 15.6 Å². The Morgan fingerprint density at radius 3 is 2.59 bits per heavy atom. The summed E-state index contributed by atoms with van der Waals surface area (Å²) in [5, 5.41) is 3.85. The summed E-state index contributed by atoms with van der Waals surface area (Å²) in [4.78, 5) is 30.6. The van der Waals surface area contributed by atoms with Gasteiger partial charge in [0.15, 0.2) is 0 Å². The maximum atomic E-state index is 12.1. The first-order valence-corrected chi connectivity index (χ1v) is 13.7. The van der Waals surface area contributed by atoms with Gasteiger partial charge in [0.05, 0.1) is 12.1 Å². The number of carbonyl (C=O) groups is 1. The predicted octanol–water partition coefficient (Wildman–Crippen LogP) is 4.98. The molecule has 7 nitrogen and oxygen atoms in total. The Kier molecular flexibility index (Phi) is 10.3. The second-order valence-electron chi connectivity index (χ2n) is 9.80. The van der Waals surface area contributed by atoms with E-state index in [1.165, 1.54) is 11.1 Å². The van der Waals surface area contributed by atoms with Crippen LogP contribution in [-0.4, -0.2) is 46.6 Å². The number of fused-ring (bicyclic) bond motifs is 1. The van der Waals surface area contributed by atoms with Gasteiger partial charge in [-0.3, -0.25) is 19.5 Å². The normalized spacial score (nSPS) is 11.2. The van der Waals surface area contributed by atoms with Gasteiger partial charge in [-0.1, -0.05) is 18.2 Å². The highest BCUT2D eigenvalue weighted by Gasteiger charge is 2.09. The molecule has 4 aromatic rings. The van der Waals surface area contributed by atoms with Crippen molar-refractivity contribution in [1.82, 2.24) is 19.8 Å². The number of unbranched alkanes of at least 4 members (excludes halogenated alkanes) is 2. The Morgan fingerprint density at radius 1 is 0.974 bits per heavy atom. The van der Waals surface area contributed by atoms with Gasteiger partial charge >= 0.3 is 0 Å². The van der Waals surface area contributed by atoms with Crippen molar-refractivity contribution in [3.05, 3.63) is 106 Å². The van der Waals surface area contributed by atoms with Crippen molar-refractivity contribution in [3.8, 4) is 5.75 Å². The molecule has 0 unspecified atom stereocenters. The van der Waals surface area contributed by atoms with Crippen LogP contribution in [-0.2, 0) is 20.0 Å². The van der Waals surface area contributed by atoms with Crippen molar-refractivity contribution in [3.63, 3.8) is 0 Å². The zero-order chi connectivity index (χ0) is 27.5. The first-order chi connectivity index (χ1) is 19.0. The van der Waals surface area contributed by atoms with E-state index in [-0.39, 0.29) is 11.5 Å². The van der Waals surface area contributed by atoms with Crippen LogP contribution in [0.15, 0.2) is 83.9 Å². The van der Waals surface area contributed by atoms with Gasteiger partial charge in [-0.15, -0.1) is 0 Å². The topological polar surface area (TPSA) is 76.5 Å². The minimum absolute atomic E-state index is 0.0120. The molecule has 0 atom stereocenters. The molecule has 1 N–H and O–H groups in total. The number of pyridine rings is 2. The fraction of sp³-hybridized carbons (Fsp3) is 0.344. The number of benzene rings is 2. The van der Waals surface area contributed by atoms with Crippen LogP contribution in [0.1, 0.15) is 47.7 Å². The molecule has 0 radical (unpaired) electrons. The minimum Gasteiger partial charge on any atom is -0.494 e. The highest BCUT2D eigenvalue weighted by atomic mass is 16.5. The van der Waals surface area contributed by atoms with E-state index in [1.54, 1.807) is 23.9 Å². The van der Waals surface area contributed by atoms with Gasteiger partial charge in [0.2, 0.25) is 0 Å². The summed E-state index contributed by atoms with van der Waals surface area (Å²) in [7, 11) is 1.78. The zero-order valence-electron chi connectivity index (χ0n) is 22.9. The summed E-state index contributed by atoms with van der Waals surface area (Å²) in [5.74, 6) is 0.796. The average Bonchev–Trinajstić information content (AvgIpc) is 2.96. The highest BCUT2D eigenvalue weighted by molar-refractivity contribution is 5.94. The predicted molar refractivity (Wildman–Crippen MR) is 156 cm³/mol. The van der Waals surface area contributed by atoms with Gasteiger partial charge in [-0.25, -0.2) is 0 Å². The summed E-state index contributed by atoms with van der Waals surface area (Å²) in [6, 6.07) is 21.3. The molecular formula is C32H38N4O3. The Labute approximate surface area is 230 Å². The van der Waals surface area contributed by atoms with Crippen molar-refractivity contribution >= 4 is 16.8 Å². The summed E-state index contributed by atoms with van der Waals surface area (Å²) in [5.41, 5.74) is 4.02. The van der Waals surface area contributed by atoms with Crippen molar-refractivity contribution < 1.29 is 9.53 Å². The number of aryl methyl sites for hydroxylation is 1. The van der Waals surface area contributed by atoms with E-state index < -0.39 is 0 Å². The summed E-state index contributed by atoms with van der Waals surface area (Å²) in [6.07, 6.45) is 7.81. The van der Waals surface area contributed by atoms with E-state index in [2.05, 4.69) is 33.4 Å². The molecule has 0 fully saturated rings. The maximum Gasteiger partial charge on any atom is 0.251 e. The van der Waals surface area contributed by atoms with Gasteiger partial charge < -0.3 is 14.6 Å². The number of ether oxygens (including phenoxy) is 1. The van der Waals surface area contributed by atoms with Gasteiger partial charge in [-0.05, 0) is 92.7 Å². The molecule has 2 aromatic carbocycles. The van der Waals surface area contributed by atoms with Crippen LogP contribution in [0.2, 0.25) is 0 Å². The number of hydrogen-bond acceptors (Lipinski definition) is 5. The largest absolute Gasteiger partial charge is 0.494 e.